The molecule has 106 valence electrons. The second-order valence-electron chi connectivity index (χ2n) is 4.39. The Morgan fingerprint density at radius 3 is 2.48 bits per heavy atom. The maximum atomic E-state index is 9.48. The van der Waals surface area contributed by atoms with Crippen molar-refractivity contribution in [2.24, 2.45) is 0 Å². The molecule has 1 N–H and O–H groups in total. The number of rotatable bonds is 3. The molecule has 1 aromatic heterocycles. The minimum atomic E-state index is -0.222. The lowest BCUT2D eigenvalue weighted by molar-refractivity contribution is 0.269. The highest BCUT2D eigenvalue weighted by molar-refractivity contribution is 6.35. The molecule has 21 heavy (non-hydrogen) atoms. The first-order valence-corrected chi connectivity index (χ1v) is 7.02. The van der Waals surface area contributed by atoms with Gasteiger partial charge in [-0.1, -0.05) is 41.4 Å². The van der Waals surface area contributed by atoms with Crippen molar-refractivity contribution in [3.05, 3.63) is 64.4 Å². The van der Waals surface area contributed by atoms with E-state index in [0.717, 1.165) is 5.69 Å². The first-order valence-electron chi connectivity index (χ1n) is 6.26. The van der Waals surface area contributed by atoms with Gasteiger partial charge < -0.3 is 5.11 Å². The summed E-state index contributed by atoms with van der Waals surface area (Å²) in [7, 11) is 0. The third-order valence-electron chi connectivity index (χ3n) is 3.06. The quantitative estimate of drug-likeness (QED) is 0.800. The predicted molar refractivity (Wildman–Crippen MR) is 82.7 cm³/mol. The summed E-state index contributed by atoms with van der Waals surface area (Å²) in [6, 6.07) is 14.7. The number of halogens is 2. The maximum absolute atomic E-state index is 9.48. The molecule has 1 heterocycles. The molecule has 4 nitrogen and oxygen atoms in total. The van der Waals surface area contributed by atoms with Gasteiger partial charge in [0.1, 0.15) is 6.61 Å². The summed E-state index contributed by atoms with van der Waals surface area (Å²) in [6.45, 7) is -0.222. The molecule has 2 aromatic carbocycles. The Morgan fingerprint density at radius 1 is 1.00 bits per heavy atom. The molecule has 3 aromatic rings. The van der Waals surface area contributed by atoms with Crippen LogP contribution in [0, 0.1) is 0 Å². The van der Waals surface area contributed by atoms with E-state index in [4.69, 9.17) is 23.2 Å². The normalized spacial score (nSPS) is 10.8. The Hall–Kier alpha value is -1.88. The number of hydrogen-bond donors (Lipinski definition) is 1. The Bertz CT molecular complexity index is 772. The molecule has 0 radical (unpaired) electrons. The molecule has 0 saturated carbocycles. The standard InChI is InChI=1S/C15H11Cl2N3O/c16-10-6-7-13(17)12(8-10)15-19-18-14(9-21)20(15)11-4-2-1-3-5-11/h1-8,21H,9H2. The van der Waals surface area contributed by atoms with Crippen LogP contribution in [0.15, 0.2) is 48.5 Å². The summed E-state index contributed by atoms with van der Waals surface area (Å²) in [6.07, 6.45) is 0. The van der Waals surface area contributed by atoms with Gasteiger partial charge in [0.15, 0.2) is 11.6 Å². The highest BCUT2D eigenvalue weighted by Gasteiger charge is 2.17. The lowest BCUT2D eigenvalue weighted by Crippen LogP contribution is -2.03. The lowest BCUT2D eigenvalue weighted by atomic mass is 10.2. The Morgan fingerprint density at radius 2 is 1.76 bits per heavy atom. The van der Waals surface area contributed by atoms with Crippen molar-refractivity contribution in [2.45, 2.75) is 6.61 Å². The zero-order valence-corrected chi connectivity index (χ0v) is 12.4. The molecule has 3 rings (SSSR count). The van der Waals surface area contributed by atoms with Crippen LogP contribution in [0.5, 0.6) is 0 Å². The Labute approximate surface area is 131 Å². The van der Waals surface area contributed by atoms with E-state index in [-0.39, 0.29) is 6.61 Å². The first-order chi connectivity index (χ1) is 10.2. The number of benzene rings is 2. The average molecular weight is 320 g/mol. The van der Waals surface area contributed by atoms with Crippen LogP contribution >= 0.6 is 23.2 Å². The molecule has 0 aliphatic carbocycles. The molecular formula is C15H11Cl2N3O. The summed E-state index contributed by atoms with van der Waals surface area (Å²) < 4.78 is 1.76. The minimum absolute atomic E-state index is 0.222. The van der Waals surface area contributed by atoms with Crippen LogP contribution in [0.4, 0.5) is 0 Å². The second kappa shape index (κ2) is 5.85. The summed E-state index contributed by atoms with van der Waals surface area (Å²) >= 11 is 12.3. The smallest absolute Gasteiger partial charge is 0.170 e. The molecule has 0 fully saturated rings. The number of aliphatic hydroxyl groups is 1. The van der Waals surface area contributed by atoms with E-state index in [1.807, 2.05) is 30.3 Å². The van der Waals surface area contributed by atoms with E-state index in [0.29, 0.717) is 27.3 Å². The van der Waals surface area contributed by atoms with Crippen molar-refractivity contribution in [3.8, 4) is 17.1 Å². The zero-order chi connectivity index (χ0) is 14.8. The van der Waals surface area contributed by atoms with Gasteiger partial charge in [-0.15, -0.1) is 10.2 Å². The highest BCUT2D eigenvalue weighted by atomic mass is 35.5. The van der Waals surface area contributed by atoms with E-state index >= 15 is 0 Å². The molecular weight excluding hydrogens is 309 g/mol. The first kappa shape index (κ1) is 14.1. The van der Waals surface area contributed by atoms with Crippen LogP contribution in [0.3, 0.4) is 0 Å². The number of aliphatic hydroxyl groups excluding tert-OH is 1. The molecule has 0 aliphatic rings. The van der Waals surface area contributed by atoms with Gasteiger partial charge in [0, 0.05) is 16.3 Å². The monoisotopic (exact) mass is 319 g/mol. The number of hydrogen-bond acceptors (Lipinski definition) is 3. The van der Waals surface area contributed by atoms with Crippen LogP contribution < -0.4 is 0 Å². The van der Waals surface area contributed by atoms with E-state index in [2.05, 4.69) is 10.2 Å². The highest BCUT2D eigenvalue weighted by Crippen LogP contribution is 2.31. The van der Waals surface area contributed by atoms with Crippen molar-refractivity contribution < 1.29 is 5.11 Å². The van der Waals surface area contributed by atoms with Crippen molar-refractivity contribution in [1.82, 2.24) is 14.8 Å². The summed E-state index contributed by atoms with van der Waals surface area (Å²) in [5.41, 5.74) is 1.51. The van der Waals surface area contributed by atoms with Gasteiger partial charge in [-0.3, -0.25) is 4.57 Å². The van der Waals surface area contributed by atoms with Crippen LogP contribution in [-0.2, 0) is 6.61 Å². The summed E-state index contributed by atoms with van der Waals surface area (Å²) in [4.78, 5) is 0. The van der Waals surface area contributed by atoms with E-state index in [1.54, 1.807) is 22.8 Å². The number of para-hydroxylation sites is 1. The fraction of sp³-hybridized carbons (Fsp3) is 0.0667. The van der Waals surface area contributed by atoms with Gasteiger partial charge in [-0.25, -0.2) is 0 Å². The average Bonchev–Trinajstić information content (AvgIpc) is 2.94. The van der Waals surface area contributed by atoms with Crippen LogP contribution in [0.2, 0.25) is 10.0 Å². The van der Waals surface area contributed by atoms with Crippen molar-refractivity contribution in [3.63, 3.8) is 0 Å². The van der Waals surface area contributed by atoms with E-state index in [1.165, 1.54) is 0 Å². The fourth-order valence-electron chi connectivity index (χ4n) is 2.11. The zero-order valence-electron chi connectivity index (χ0n) is 10.9. The van der Waals surface area contributed by atoms with Crippen molar-refractivity contribution in [2.75, 3.05) is 0 Å². The van der Waals surface area contributed by atoms with Crippen molar-refractivity contribution >= 4 is 23.2 Å². The van der Waals surface area contributed by atoms with Gasteiger partial charge in [0.05, 0.1) is 5.02 Å². The van der Waals surface area contributed by atoms with Crippen molar-refractivity contribution in [1.29, 1.82) is 0 Å². The number of aromatic nitrogens is 3. The molecule has 0 spiro atoms. The van der Waals surface area contributed by atoms with Gasteiger partial charge in [0.25, 0.3) is 0 Å². The summed E-state index contributed by atoms with van der Waals surface area (Å²) in [5.74, 6) is 0.977. The molecule has 0 amide bonds. The number of nitrogens with zero attached hydrogens (tertiary/aromatic N) is 3. The Balaban J connectivity index is 2.25. The fourth-order valence-corrected chi connectivity index (χ4v) is 2.48. The molecule has 6 heteroatoms. The minimum Gasteiger partial charge on any atom is -0.388 e. The summed E-state index contributed by atoms with van der Waals surface area (Å²) in [5, 5.41) is 18.7. The van der Waals surface area contributed by atoms with Gasteiger partial charge >= 0.3 is 0 Å². The third kappa shape index (κ3) is 2.65. The van der Waals surface area contributed by atoms with Gasteiger partial charge in [-0.05, 0) is 30.3 Å². The van der Waals surface area contributed by atoms with Gasteiger partial charge in [-0.2, -0.15) is 0 Å². The predicted octanol–water partition coefficient (Wildman–Crippen LogP) is 3.73. The van der Waals surface area contributed by atoms with E-state index in [9.17, 15) is 5.11 Å². The third-order valence-corrected chi connectivity index (χ3v) is 3.62. The Kier molecular flexibility index (Phi) is 3.92. The SMILES string of the molecule is OCc1nnc(-c2cc(Cl)ccc2Cl)n1-c1ccccc1. The molecule has 0 unspecified atom stereocenters. The van der Waals surface area contributed by atoms with Crippen LogP contribution in [0.25, 0.3) is 17.1 Å². The lowest BCUT2D eigenvalue weighted by Gasteiger charge is -2.10. The van der Waals surface area contributed by atoms with Crippen LogP contribution in [-0.4, -0.2) is 19.9 Å². The molecule has 0 bridgehead atoms. The largest absolute Gasteiger partial charge is 0.388 e. The van der Waals surface area contributed by atoms with Crippen LogP contribution in [0.1, 0.15) is 5.82 Å². The topological polar surface area (TPSA) is 50.9 Å². The maximum Gasteiger partial charge on any atom is 0.170 e. The molecule has 0 saturated heterocycles. The molecule has 0 atom stereocenters. The van der Waals surface area contributed by atoms with E-state index < -0.39 is 0 Å². The second-order valence-corrected chi connectivity index (χ2v) is 5.24. The van der Waals surface area contributed by atoms with Gasteiger partial charge in [0.2, 0.25) is 0 Å². The molecule has 0 aliphatic heterocycles.